The molecule has 2 aliphatic carbocycles. The molecular formula is C27H31F2N5O2. The van der Waals surface area contributed by atoms with Gasteiger partial charge in [0.15, 0.2) is 5.78 Å². The summed E-state index contributed by atoms with van der Waals surface area (Å²) in [7, 11) is 0. The van der Waals surface area contributed by atoms with Crippen molar-refractivity contribution in [2.75, 3.05) is 24.6 Å². The summed E-state index contributed by atoms with van der Waals surface area (Å²) in [5.41, 5.74) is -0.205. The number of rotatable bonds is 9. The van der Waals surface area contributed by atoms with Crippen molar-refractivity contribution in [3.8, 4) is 5.75 Å². The van der Waals surface area contributed by atoms with Crippen molar-refractivity contribution < 1.29 is 18.3 Å². The number of anilines is 1. The van der Waals surface area contributed by atoms with Crippen LogP contribution in [0.2, 0.25) is 0 Å². The van der Waals surface area contributed by atoms with Gasteiger partial charge in [-0.25, -0.2) is 18.3 Å². The second-order valence-electron chi connectivity index (χ2n) is 11.0. The van der Waals surface area contributed by atoms with Crippen molar-refractivity contribution in [1.82, 2.24) is 19.6 Å². The zero-order chi connectivity index (χ0) is 24.9. The molecule has 1 saturated heterocycles. The fraction of sp³-hybridized carbons (Fsp3) is 0.556. The van der Waals surface area contributed by atoms with E-state index < -0.39 is 23.0 Å². The van der Waals surface area contributed by atoms with Crippen molar-refractivity contribution in [2.45, 2.75) is 51.9 Å². The first-order chi connectivity index (χ1) is 17.4. The highest BCUT2D eigenvalue weighted by atomic mass is 19.1. The average Bonchev–Trinajstić information content (AvgIpc) is 3.76. The number of hydrogen-bond donors (Lipinski definition) is 0. The fourth-order valence-corrected chi connectivity index (χ4v) is 5.63. The maximum Gasteiger partial charge on any atom is 0.253 e. The van der Waals surface area contributed by atoms with E-state index in [0.717, 1.165) is 56.9 Å². The van der Waals surface area contributed by atoms with Gasteiger partial charge in [0.05, 0.1) is 12.2 Å². The topological polar surface area (TPSA) is 72.6 Å². The van der Waals surface area contributed by atoms with E-state index in [0.29, 0.717) is 37.1 Å². The van der Waals surface area contributed by atoms with E-state index in [9.17, 15) is 13.6 Å². The van der Waals surface area contributed by atoms with Gasteiger partial charge >= 0.3 is 0 Å². The lowest BCUT2D eigenvalue weighted by Crippen LogP contribution is -2.34. The molecule has 1 unspecified atom stereocenters. The van der Waals surface area contributed by atoms with Crippen molar-refractivity contribution in [3.63, 3.8) is 0 Å². The number of Topliss-reactive ketones (excluding diaryl/α,β-unsaturated/α-hetero) is 1. The molecule has 1 aromatic carbocycles. The Balaban J connectivity index is 0.961. The third kappa shape index (κ3) is 4.67. The minimum absolute atomic E-state index is 0.154. The van der Waals surface area contributed by atoms with Crippen LogP contribution in [0.1, 0.15) is 62.2 Å². The third-order valence-electron chi connectivity index (χ3n) is 8.31. The highest BCUT2D eigenvalue weighted by Gasteiger charge is 2.50. The maximum atomic E-state index is 14.4. The number of benzene rings is 1. The summed E-state index contributed by atoms with van der Waals surface area (Å²) < 4.78 is 36.2. The van der Waals surface area contributed by atoms with Crippen LogP contribution in [0.25, 0.3) is 5.78 Å². The lowest BCUT2D eigenvalue weighted by Gasteiger charge is -2.31. The highest BCUT2D eigenvalue weighted by molar-refractivity contribution is 5.99. The number of carbonyl (C=O) groups excluding carboxylic acids is 1. The monoisotopic (exact) mass is 495 g/mol. The van der Waals surface area contributed by atoms with Crippen LogP contribution in [-0.2, 0) is 0 Å². The summed E-state index contributed by atoms with van der Waals surface area (Å²) in [6, 6.07) is 4.14. The van der Waals surface area contributed by atoms with Crippen molar-refractivity contribution in [3.05, 3.63) is 47.8 Å². The van der Waals surface area contributed by atoms with Gasteiger partial charge in [-0.05, 0) is 68.3 Å². The van der Waals surface area contributed by atoms with Crippen LogP contribution in [0, 0.1) is 34.8 Å². The van der Waals surface area contributed by atoms with Gasteiger partial charge in [0.25, 0.3) is 5.78 Å². The molecule has 9 heteroatoms. The zero-order valence-corrected chi connectivity index (χ0v) is 20.5. The molecule has 3 fully saturated rings. The molecular weight excluding hydrogens is 464 g/mol. The molecule has 2 atom stereocenters. The number of halogens is 2. The van der Waals surface area contributed by atoms with E-state index in [4.69, 9.17) is 4.74 Å². The Labute approximate surface area is 208 Å². The summed E-state index contributed by atoms with van der Waals surface area (Å²) in [6.45, 7) is 4.59. The summed E-state index contributed by atoms with van der Waals surface area (Å²) in [5.74, 6) is 0.573. The van der Waals surface area contributed by atoms with Crippen molar-refractivity contribution in [2.24, 2.45) is 23.2 Å². The lowest BCUT2D eigenvalue weighted by molar-refractivity contribution is 0.0959. The van der Waals surface area contributed by atoms with E-state index in [1.165, 1.54) is 6.42 Å². The van der Waals surface area contributed by atoms with E-state index >= 15 is 0 Å². The predicted octanol–water partition coefficient (Wildman–Crippen LogP) is 5.10. The molecule has 36 heavy (non-hydrogen) atoms. The Morgan fingerprint density at radius 1 is 1.17 bits per heavy atom. The van der Waals surface area contributed by atoms with Gasteiger partial charge in [-0.1, -0.05) is 6.92 Å². The van der Waals surface area contributed by atoms with Gasteiger partial charge in [-0.2, -0.15) is 4.98 Å². The molecule has 0 amide bonds. The van der Waals surface area contributed by atoms with Gasteiger partial charge in [0, 0.05) is 43.5 Å². The molecule has 3 heterocycles. The molecule has 2 saturated carbocycles. The Morgan fingerprint density at radius 3 is 2.61 bits per heavy atom. The summed E-state index contributed by atoms with van der Waals surface area (Å²) in [5, 5.41) is 4.54. The molecule has 6 rings (SSSR count). The zero-order valence-electron chi connectivity index (χ0n) is 20.5. The Morgan fingerprint density at radius 2 is 1.92 bits per heavy atom. The smallest absolute Gasteiger partial charge is 0.253 e. The molecule has 1 aliphatic heterocycles. The quantitative estimate of drug-likeness (QED) is 0.385. The molecule has 0 radical (unpaired) electrons. The first-order valence-electron chi connectivity index (χ1n) is 13.0. The van der Waals surface area contributed by atoms with E-state index in [1.807, 2.05) is 12.3 Å². The number of fused-ring (bicyclic) bond motifs is 1. The average molecular weight is 496 g/mol. The maximum absolute atomic E-state index is 14.4. The molecule has 2 aromatic heterocycles. The highest BCUT2D eigenvalue weighted by Crippen LogP contribution is 2.58. The third-order valence-corrected chi connectivity index (χ3v) is 8.31. The van der Waals surface area contributed by atoms with Crippen LogP contribution in [-0.4, -0.2) is 45.1 Å². The van der Waals surface area contributed by atoms with Crippen molar-refractivity contribution in [1.29, 1.82) is 0 Å². The Bertz CT molecular complexity index is 1230. The first-order valence-corrected chi connectivity index (χ1v) is 13.0. The number of carbonyl (C=O) groups is 1. The Kier molecular flexibility index (Phi) is 5.88. The molecule has 3 aliphatic rings. The van der Waals surface area contributed by atoms with Gasteiger partial charge in [-0.15, -0.1) is 5.10 Å². The second kappa shape index (κ2) is 9.09. The Hall–Kier alpha value is -3.10. The van der Waals surface area contributed by atoms with Crippen LogP contribution < -0.4 is 9.64 Å². The summed E-state index contributed by atoms with van der Waals surface area (Å²) in [4.78, 5) is 23.1. The second-order valence-corrected chi connectivity index (χ2v) is 11.0. The molecule has 0 spiro atoms. The predicted molar refractivity (Wildman–Crippen MR) is 130 cm³/mol. The van der Waals surface area contributed by atoms with Crippen LogP contribution in [0.15, 0.2) is 30.6 Å². The van der Waals surface area contributed by atoms with E-state index in [-0.39, 0.29) is 17.1 Å². The normalized spacial score (nSPS) is 24.3. The molecule has 7 nitrogen and oxygen atoms in total. The van der Waals surface area contributed by atoms with Crippen LogP contribution in [0.4, 0.5) is 14.7 Å². The number of aromatic nitrogens is 4. The van der Waals surface area contributed by atoms with Crippen LogP contribution >= 0.6 is 0 Å². The van der Waals surface area contributed by atoms with Gasteiger partial charge in [0.1, 0.15) is 17.4 Å². The molecule has 0 bridgehead atoms. The van der Waals surface area contributed by atoms with Crippen LogP contribution in [0.5, 0.6) is 5.75 Å². The number of ether oxygens (including phenoxy) is 1. The molecule has 0 N–H and O–H groups in total. The van der Waals surface area contributed by atoms with Crippen LogP contribution in [0.3, 0.4) is 0 Å². The number of ketones is 1. The number of piperidine rings is 1. The summed E-state index contributed by atoms with van der Waals surface area (Å²) >= 11 is 0. The minimum Gasteiger partial charge on any atom is -0.493 e. The standard InChI is InChI=1S/C27H31F2N5O2/c1-27(7-12-36-20-14-21(28)23(22(29)15-20)24(35)18-3-4-18)16-19(27)13-17-5-10-33(11-6-17)26-31-25-30-8-2-9-34(25)32-26/h2,8-9,14-15,17-19H,3-7,10-13,16H2,1H3/t19?,27-/m1/s1. The van der Waals surface area contributed by atoms with Gasteiger partial charge in [-0.3, -0.25) is 4.79 Å². The number of nitrogens with zero attached hydrogens (tertiary/aromatic N) is 5. The fourth-order valence-electron chi connectivity index (χ4n) is 5.63. The lowest BCUT2D eigenvalue weighted by atomic mass is 9.88. The molecule has 190 valence electrons. The number of hydrogen-bond acceptors (Lipinski definition) is 6. The van der Waals surface area contributed by atoms with E-state index in [2.05, 4.69) is 26.9 Å². The first kappa shape index (κ1) is 23.3. The molecule has 3 aromatic rings. The summed E-state index contributed by atoms with van der Waals surface area (Å²) in [6.07, 6.45) is 10.5. The SMILES string of the molecule is C[C@@]1(CCOc2cc(F)c(C(=O)C3CC3)c(F)c2)CC1CC1CCN(c2nc3ncccn3n2)CC1. The minimum atomic E-state index is -0.821. The van der Waals surface area contributed by atoms with E-state index in [1.54, 1.807) is 10.7 Å². The largest absolute Gasteiger partial charge is 0.493 e. The van der Waals surface area contributed by atoms with Crippen molar-refractivity contribution >= 4 is 17.5 Å². The van der Waals surface area contributed by atoms with Gasteiger partial charge in [0.2, 0.25) is 5.95 Å². The van der Waals surface area contributed by atoms with Gasteiger partial charge < -0.3 is 9.64 Å².